The van der Waals surface area contributed by atoms with Crippen molar-refractivity contribution < 1.29 is 28.2 Å². The number of halogens is 1. The van der Waals surface area contributed by atoms with Gasteiger partial charge >= 0.3 is 5.97 Å². The first-order valence-electron chi connectivity index (χ1n) is 8.39. The number of rotatable bonds is 8. The number of hydrogen-bond donors (Lipinski definition) is 1. The van der Waals surface area contributed by atoms with E-state index in [4.69, 9.17) is 9.47 Å². The summed E-state index contributed by atoms with van der Waals surface area (Å²) in [7, 11) is 0. The number of carbonyl (C=O) groups excluding carboxylic acids is 3. The Labute approximate surface area is 169 Å². The molecule has 148 valence electrons. The number of para-hydroxylation sites is 1. The second kappa shape index (κ2) is 9.56. The first-order valence-corrected chi connectivity index (χ1v) is 9.27. The molecule has 0 unspecified atom stereocenters. The topological polar surface area (TPSA) is 94.6 Å². The molecule has 29 heavy (non-hydrogen) atoms. The minimum atomic E-state index is -0.757. The molecule has 1 N–H and O–H groups in total. The van der Waals surface area contributed by atoms with Crippen LogP contribution in [0.15, 0.2) is 53.9 Å². The van der Waals surface area contributed by atoms with Crippen LogP contribution in [-0.4, -0.2) is 36.4 Å². The van der Waals surface area contributed by atoms with Gasteiger partial charge in [0.1, 0.15) is 11.6 Å². The number of nitrogens with one attached hydrogen (secondary N) is 1. The van der Waals surface area contributed by atoms with Gasteiger partial charge in [0.15, 0.2) is 24.6 Å². The molecule has 0 aliphatic carbocycles. The number of aldehydes is 1. The van der Waals surface area contributed by atoms with Gasteiger partial charge in [-0.2, -0.15) is 0 Å². The van der Waals surface area contributed by atoms with Gasteiger partial charge in [-0.15, -0.1) is 11.3 Å². The number of esters is 1. The largest absolute Gasteiger partial charge is 0.481 e. The van der Waals surface area contributed by atoms with Crippen LogP contribution in [0.25, 0.3) is 11.3 Å². The van der Waals surface area contributed by atoms with Gasteiger partial charge in [0.05, 0.1) is 11.3 Å². The second-order valence-corrected chi connectivity index (χ2v) is 6.56. The number of benzene rings is 2. The number of thiazole rings is 1. The van der Waals surface area contributed by atoms with Gasteiger partial charge in [-0.3, -0.25) is 14.9 Å². The third kappa shape index (κ3) is 5.69. The Morgan fingerprint density at radius 2 is 1.86 bits per heavy atom. The zero-order valence-electron chi connectivity index (χ0n) is 15.0. The Bertz CT molecular complexity index is 1020. The van der Waals surface area contributed by atoms with Crippen LogP contribution in [0.3, 0.4) is 0 Å². The molecule has 1 heterocycles. The third-order valence-electron chi connectivity index (χ3n) is 3.65. The molecule has 0 aliphatic rings. The second-order valence-electron chi connectivity index (χ2n) is 5.70. The van der Waals surface area contributed by atoms with Crippen molar-refractivity contribution in [3.8, 4) is 17.0 Å². The number of nitrogens with zero attached hydrogens (tertiary/aromatic N) is 1. The van der Waals surface area contributed by atoms with E-state index in [2.05, 4.69) is 10.3 Å². The van der Waals surface area contributed by atoms with Gasteiger partial charge in [-0.05, 0) is 36.4 Å². The SMILES string of the molecule is O=Cc1ccccc1OCC(=O)OCC(=O)Nc1nc(-c2ccc(F)cc2)cs1. The first-order chi connectivity index (χ1) is 14.0. The van der Waals surface area contributed by atoms with Gasteiger partial charge in [0.2, 0.25) is 0 Å². The lowest BCUT2D eigenvalue weighted by Gasteiger charge is -2.08. The van der Waals surface area contributed by atoms with E-state index in [1.807, 2.05) is 0 Å². The standard InChI is InChI=1S/C20H15FN2O5S/c21-15-7-5-13(6-8-15)16-12-29-20(22-16)23-18(25)10-28-19(26)11-27-17-4-2-1-3-14(17)9-24/h1-9,12H,10-11H2,(H,22,23,25). The fourth-order valence-corrected chi connectivity index (χ4v) is 3.01. The maximum absolute atomic E-state index is 13.0. The number of hydrogen-bond acceptors (Lipinski definition) is 7. The van der Waals surface area contributed by atoms with E-state index in [1.165, 1.54) is 23.5 Å². The molecule has 0 atom stereocenters. The van der Waals surface area contributed by atoms with Crippen LogP contribution in [0.1, 0.15) is 10.4 Å². The molecule has 0 aliphatic heterocycles. The zero-order chi connectivity index (χ0) is 20.6. The molecule has 0 radical (unpaired) electrons. The molecule has 0 bridgehead atoms. The summed E-state index contributed by atoms with van der Waals surface area (Å²) in [5.41, 5.74) is 1.60. The molecular formula is C20H15FN2O5S. The Balaban J connectivity index is 1.45. The van der Waals surface area contributed by atoms with Crippen LogP contribution in [0, 0.1) is 5.82 Å². The van der Waals surface area contributed by atoms with Crippen molar-refractivity contribution in [3.05, 3.63) is 65.3 Å². The van der Waals surface area contributed by atoms with E-state index in [0.29, 0.717) is 28.2 Å². The quantitative estimate of drug-likeness (QED) is 0.449. The molecule has 0 saturated carbocycles. The summed E-state index contributed by atoms with van der Waals surface area (Å²) < 4.78 is 23.1. The number of amides is 1. The predicted molar refractivity (Wildman–Crippen MR) is 104 cm³/mol. The average Bonchev–Trinajstić information content (AvgIpc) is 3.19. The fraction of sp³-hybridized carbons (Fsp3) is 0.100. The highest BCUT2D eigenvalue weighted by atomic mass is 32.1. The van der Waals surface area contributed by atoms with Crippen molar-refractivity contribution in [1.29, 1.82) is 0 Å². The van der Waals surface area contributed by atoms with Gasteiger partial charge in [0.25, 0.3) is 5.91 Å². The van der Waals surface area contributed by atoms with Crippen molar-refractivity contribution >= 4 is 34.6 Å². The molecule has 3 aromatic rings. The van der Waals surface area contributed by atoms with Crippen LogP contribution in [0.2, 0.25) is 0 Å². The molecule has 9 heteroatoms. The van der Waals surface area contributed by atoms with Crippen LogP contribution in [-0.2, 0) is 14.3 Å². The van der Waals surface area contributed by atoms with Gasteiger partial charge in [-0.25, -0.2) is 14.2 Å². The number of aromatic nitrogens is 1. The van der Waals surface area contributed by atoms with Crippen molar-refractivity contribution in [2.75, 3.05) is 18.5 Å². The number of ether oxygens (including phenoxy) is 2. The lowest BCUT2D eigenvalue weighted by molar-refractivity contribution is -0.149. The minimum absolute atomic E-state index is 0.250. The Hall–Kier alpha value is -3.59. The van der Waals surface area contributed by atoms with Gasteiger partial charge in [-0.1, -0.05) is 12.1 Å². The molecule has 0 spiro atoms. The van der Waals surface area contributed by atoms with E-state index in [0.717, 1.165) is 0 Å². The predicted octanol–water partition coefficient (Wildman–Crippen LogP) is 3.32. The Kier molecular flexibility index (Phi) is 6.64. The molecule has 0 fully saturated rings. The van der Waals surface area contributed by atoms with Crippen LogP contribution in [0.5, 0.6) is 5.75 Å². The van der Waals surface area contributed by atoms with E-state index >= 15 is 0 Å². The lowest BCUT2D eigenvalue weighted by Crippen LogP contribution is -2.23. The normalized spacial score (nSPS) is 10.2. The van der Waals surface area contributed by atoms with E-state index < -0.39 is 25.1 Å². The highest BCUT2D eigenvalue weighted by Gasteiger charge is 2.12. The number of carbonyl (C=O) groups is 3. The van der Waals surface area contributed by atoms with Crippen molar-refractivity contribution in [2.24, 2.45) is 0 Å². The Morgan fingerprint density at radius 1 is 1.10 bits per heavy atom. The summed E-state index contributed by atoms with van der Waals surface area (Å²) in [6.07, 6.45) is 0.613. The summed E-state index contributed by atoms with van der Waals surface area (Å²) in [6.45, 7) is -0.951. The zero-order valence-corrected chi connectivity index (χ0v) is 15.8. The van der Waals surface area contributed by atoms with E-state index in [-0.39, 0.29) is 11.6 Å². The third-order valence-corrected chi connectivity index (χ3v) is 4.40. The highest BCUT2D eigenvalue weighted by molar-refractivity contribution is 7.14. The summed E-state index contributed by atoms with van der Waals surface area (Å²) in [5.74, 6) is -1.42. The maximum Gasteiger partial charge on any atom is 0.344 e. The molecule has 1 amide bonds. The van der Waals surface area contributed by atoms with Crippen LogP contribution >= 0.6 is 11.3 Å². The molecule has 0 saturated heterocycles. The van der Waals surface area contributed by atoms with E-state index in [9.17, 15) is 18.8 Å². The first kappa shape index (κ1) is 20.2. The monoisotopic (exact) mass is 414 g/mol. The minimum Gasteiger partial charge on any atom is -0.481 e. The average molecular weight is 414 g/mol. The van der Waals surface area contributed by atoms with Crippen LogP contribution in [0.4, 0.5) is 9.52 Å². The summed E-state index contributed by atoms with van der Waals surface area (Å²) in [6, 6.07) is 12.2. The van der Waals surface area contributed by atoms with Crippen molar-refractivity contribution in [2.45, 2.75) is 0 Å². The summed E-state index contributed by atoms with van der Waals surface area (Å²) in [4.78, 5) is 38.8. The van der Waals surface area contributed by atoms with Crippen molar-refractivity contribution in [3.63, 3.8) is 0 Å². The van der Waals surface area contributed by atoms with Crippen molar-refractivity contribution in [1.82, 2.24) is 4.98 Å². The molecular weight excluding hydrogens is 399 g/mol. The maximum atomic E-state index is 13.0. The lowest BCUT2D eigenvalue weighted by atomic mass is 10.2. The molecule has 3 rings (SSSR count). The number of anilines is 1. The fourth-order valence-electron chi connectivity index (χ4n) is 2.27. The van der Waals surface area contributed by atoms with Crippen LogP contribution < -0.4 is 10.1 Å². The summed E-state index contributed by atoms with van der Waals surface area (Å²) >= 11 is 1.19. The Morgan fingerprint density at radius 3 is 2.62 bits per heavy atom. The summed E-state index contributed by atoms with van der Waals surface area (Å²) in [5, 5.41) is 4.56. The van der Waals surface area contributed by atoms with Gasteiger partial charge < -0.3 is 9.47 Å². The molecule has 1 aromatic heterocycles. The van der Waals surface area contributed by atoms with Gasteiger partial charge in [0, 0.05) is 10.9 Å². The molecule has 2 aromatic carbocycles. The molecule has 7 nitrogen and oxygen atoms in total. The van der Waals surface area contributed by atoms with E-state index in [1.54, 1.807) is 41.8 Å². The smallest absolute Gasteiger partial charge is 0.344 e. The highest BCUT2D eigenvalue weighted by Crippen LogP contribution is 2.25.